The van der Waals surface area contributed by atoms with Crippen LogP contribution in [-0.4, -0.2) is 31.9 Å². The van der Waals surface area contributed by atoms with Gasteiger partial charge in [0, 0.05) is 33.8 Å². The quantitative estimate of drug-likeness (QED) is 0.492. The number of para-hydroxylation sites is 1. The maximum absolute atomic E-state index is 11.9. The van der Waals surface area contributed by atoms with Crippen molar-refractivity contribution in [2.45, 2.75) is 11.4 Å². The molecule has 0 aliphatic heterocycles. The van der Waals surface area contributed by atoms with Crippen molar-refractivity contribution in [3.63, 3.8) is 0 Å². The van der Waals surface area contributed by atoms with Crippen LogP contribution in [0.2, 0.25) is 0 Å². The summed E-state index contributed by atoms with van der Waals surface area (Å²) < 4.78 is 6.35. The second-order valence-electron chi connectivity index (χ2n) is 5.07. The van der Waals surface area contributed by atoms with E-state index in [0.717, 1.165) is 28.1 Å². The van der Waals surface area contributed by atoms with Crippen molar-refractivity contribution in [3.05, 3.63) is 58.6 Å². The Bertz CT molecular complexity index is 650. The lowest BCUT2D eigenvalue weighted by Crippen LogP contribution is -2.34. The Morgan fingerprint density at radius 1 is 1.17 bits per heavy atom. The number of benzene rings is 2. The zero-order valence-electron chi connectivity index (χ0n) is 13.5. The summed E-state index contributed by atoms with van der Waals surface area (Å²) in [6, 6.07) is 15.9. The fourth-order valence-electron chi connectivity index (χ4n) is 2.08. The summed E-state index contributed by atoms with van der Waals surface area (Å²) in [7, 11) is 1.63. The van der Waals surface area contributed by atoms with Crippen LogP contribution in [0.4, 0.5) is 0 Å². The predicted octanol–water partition coefficient (Wildman–Crippen LogP) is 3.46. The molecule has 0 aliphatic carbocycles. The third kappa shape index (κ3) is 6.55. The Hall–Kier alpha value is -1.50. The molecule has 0 radical (unpaired) electrons. The van der Waals surface area contributed by atoms with E-state index in [1.54, 1.807) is 18.9 Å². The highest BCUT2D eigenvalue weighted by atomic mass is 79.9. The molecule has 0 saturated carbocycles. The Kier molecular flexibility index (Phi) is 8.15. The second-order valence-corrected chi connectivity index (χ2v) is 7.15. The molecule has 6 heteroatoms. The van der Waals surface area contributed by atoms with Crippen molar-refractivity contribution in [3.8, 4) is 5.75 Å². The topological polar surface area (TPSA) is 50.4 Å². The summed E-state index contributed by atoms with van der Waals surface area (Å²) in [4.78, 5) is 13.1. The summed E-state index contributed by atoms with van der Waals surface area (Å²) in [6.07, 6.45) is 0. The molecule has 128 valence electrons. The van der Waals surface area contributed by atoms with Crippen LogP contribution < -0.4 is 15.4 Å². The third-order valence-corrected chi connectivity index (χ3v) is 4.86. The number of hydrogen-bond acceptors (Lipinski definition) is 4. The number of methoxy groups -OCH3 is 1. The lowest BCUT2D eigenvalue weighted by molar-refractivity contribution is -0.120. The van der Waals surface area contributed by atoms with Gasteiger partial charge in [0.15, 0.2) is 0 Å². The van der Waals surface area contributed by atoms with E-state index in [1.807, 2.05) is 36.4 Å². The molecule has 2 N–H and O–H groups in total. The molecular formula is C18H21BrN2O2S. The van der Waals surface area contributed by atoms with Gasteiger partial charge in [0.25, 0.3) is 0 Å². The smallest absolute Gasteiger partial charge is 0.234 e. The molecule has 2 rings (SSSR count). The fraction of sp³-hybridized carbons (Fsp3) is 0.278. The van der Waals surface area contributed by atoms with Crippen LogP contribution in [0.15, 0.2) is 57.9 Å². The normalized spacial score (nSPS) is 10.4. The van der Waals surface area contributed by atoms with E-state index in [9.17, 15) is 4.79 Å². The van der Waals surface area contributed by atoms with Gasteiger partial charge in [0.1, 0.15) is 5.75 Å². The van der Waals surface area contributed by atoms with Crippen LogP contribution in [0.3, 0.4) is 0 Å². The zero-order valence-corrected chi connectivity index (χ0v) is 16.0. The Morgan fingerprint density at radius 3 is 2.67 bits per heavy atom. The van der Waals surface area contributed by atoms with Crippen LogP contribution >= 0.6 is 27.7 Å². The maximum atomic E-state index is 11.9. The lowest BCUT2D eigenvalue weighted by Gasteiger charge is -2.10. The van der Waals surface area contributed by atoms with Crippen molar-refractivity contribution in [2.24, 2.45) is 0 Å². The van der Waals surface area contributed by atoms with Crippen molar-refractivity contribution < 1.29 is 9.53 Å². The van der Waals surface area contributed by atoms with Crippen LogP contribution in [0, 0.1) is 0 Å². The Balaban J connectivity index is 1.60. The van der Waals surface area contributed by atoms with E-state index in [4.69, 9.17) is 4.74 Å². The largest absolute Gasteiger partial charge is 0.496 e. The highest BCUT2D eigenvalue weighted by Crippen LogP contribution is 2.20. The van der Waals surface area contributed by atoms with Gasteiger partial charge < -0.3 is 15.4 Å². The van der Waals surface area contributed by atoms with Gasteiger partial charge in [0.2, 0.25) is 5.91 Å². The molecule has 0 heterocycles. The molecular weight excluding hydrogens is 388 g/mol. The molecule has 0 atom stereocenters. The van der Waals surface area contributed by atoms with E-state index >= 15 is 0 Å². The summed E-state index contributed by atoms with van der Waals surface area (Å²) >= 11 is 5.19. The van der Waals surface area contributed by atoms with Gasteiger partial charge in [-0.15, -0.1) is 11.8 Å². The van der Waals surface area contributed by atoms with Crippen molar-refractivity contribution in [1.82, 2.24) is 10.6 Å². The van der Waals surface area contributed by atoms with Crippen molar-refractivity contribution in [2.75, 3.05) is 26.0 Å². The van der Waals surface area contributed by atoms with E-state index < -0.39 is 0 Å². The van der Waals surface area contributed by atoms with Crippen molar-refractivity contribution >= 4 is 33.6 Å². The fourth-order valence-corrected chi connectivity index (χ4v) is 3.15. The summed E-state index contributed by atoms with van der Waals surface area (Å²) in [5, 5.41) is 6.05. The van der Waals surface area contributed by atoms with Gasteiger partial charge in [0.05, 0.1) is 13.7 Å². The van der Waals surface area contributed by atoms with Gasteiger partial charge in [-0.3, -0.25) is 4.79 Å². The first-order chi connectivity index (χ1) is 11.7. The number of carbonyl (C=O) groups is 1. The minimum Gasteiger partial charge on any atom is -0.496 e. The molecule has 4 nitrogen and oxygen atoms in total. The zero-order chi connectivity index (χ0) is 17.2. The standard InChI is InChI=1S/C18H21BrN2O2S/c1-23-17-5-3-2-4-14(17)12-21-18(22)13-20-10-11-24-16-8-6-15(19)7-9-16/h2-9,20H,10-13H2,1H3,(H,21,22). The number of halogens is 1. The van der Waals surface area contributed by atoms with Gasteiger partial charge in [-0.2, -0.15) is 0 Å². The highest BCUT2D eigenvalue weighted by Gasteiger charge is 2.04. The van der Waals surface area contributed by atoms with Crippen LogP contribution in [0.5, 0.6) is 5.75 Å². The van der Waals surface area contributed by atoms with Gasteiger partial charge >= 0.3 is 0 Å². The first-order valence-corrected chi connectivity index (χ1v) is 9.44. The van der Waals surface area contributed by atoms with E-state index in [-0.39, 0.29) is 5.91 Å². The highest BCUT2D eigenvalue weighted by molar-refractivity contribution is 9.10. The van der Waals surface area contributed by atoms with Gasteiger partial charge in [-0.25, -0.2) is 0 Å². The van der Waals surface area contributed by atoms with Gasteiger partial charge in [-0.05, 0) is 30.3 Å². The summed E-state index contributed by atoms with van der Waals surface area (Å²) in [5.41, 5.74) is 0.971. The number of thioether (sulfide) groups is 1. The molecule has 2 aromatic rings. The number of rotatable bonds is 9. The maximum Gasteiger partial charge on any atom is 0.234 e. The Morgan fingerprint density at radius 2 is 1.92 bits per heavy atom. The number of ether oxygens (including phenoxy) is 1. The average Bonchev–Trinajstić information content (AvgIpc) is 2.61. The number of hydrogen-bond donors (Lipinski definition) is 2. The predicted molar refractivity (Wildman–Crippen MR) is 103 cm³/mol. The van der Waals surface area contributed by atoms with Crippen LogP contribution in [0.1, 0.15) is 5.56 Å². The molecule has 0 fully saturated rings. The SMILES string of the molecule is COc1ccccc1CNC(=O)CNCCSc1ccc(Br)cc1. The van der Waals surface area contributed by atoms with E-state index in [1.165, 1.54) is 4.90 Å². The minimum absolute atomic E-state index is 0.0189. The lowest BCUT2D eigenvalue weighted by atomic mass is 10.2. The van der Waals surface area contributed by atoms with Crippen LogP contribution in [0.25, 0.3) is 0 Å². The molecule has 1 amide bonds. The monoisotopic (exact) mass is 408 g/mol. The first-order valence-electron chi connectivity index (χ1n) is 7.66. The number of nitrogens with one attached hydrogen (secondary N) is 2. The molecule has 0 aromatic heterocycles. The first kappa shape index (κ1) is 18.8. The second kappa shape index (κ2) is 10.4. The molecule has 0 unspecified atom stereocenters. The number of amides is 1. The summed E-state index contributed by atoms with van der Waals surface area (Å²) in [5.74, 6) is 1.69. The summed E-state index contributed by atoms with van der Waals surface area (Å²) in [6.45, 7) is 1.57. The van der Waals surface area contributed by atoms with E-state index in [0.29, 0.717) is 13.1 Å². The molecule has 2 aromatic carbocycles. The van der Waals surface area contributed by atoms with E-state index in [2.05, 4.69) is 38.7 Å². The Labute approximate surface area is 155 Å². The average molecular weight is 409 g/mol. The van der Waals surface area contributed by atoms with Crippen LogP contribution in [-0.2, 0) is 11.3 Å². The molecule has 0 bridgehead atoms. The molecule has 24 heavy (non-hydrogen) atoms. The molecule has 0 aliphatic rings. The molecule has 0 spiro atoms. The third-order valence-electron chi connectivity index (χ3n) is 3.32. The van der Waals surface area contributed by atoms with Gasteiger partial charge in [-0.1, -0.05) is 34.1 Å². The molecule has 0 saturated heterocycles. The minimum atomic E-state index is -0.0189. The number of carbonyl (C=O) groups excluding carboxylic acids is 1. The van der Waals surface area contributed by atoms with Crippen molar-refractivity contribution in [1.29, 1.82) is 0 Å².